The van der Waals surface area contributed by atoms with Gasteiger partial charge in [0.2, 0.25) is 5.95 Å². The van der Waals surface area contributed by atoms with E-state index in [1.54, 1.807) is 0 Å². The third kappa shape index (κ3) is 5.13. The number of aryl methyl sites for hydroxylation is 4. The molecule has 1 aliphatic rings. The monoisotopic (exact) mass is 549 g/mol. The third-order valence-electron chi connectivity index (χ3n) is 8.05. The molecule has 9 nitrogen and oxygen atoms in total. The van der Waals surface area contributed by atoms with E-state index in [2.05, 4.69) is 96.4 Å². The summed E-state index contributed by atoms with van der Waals surface area (Å²) >= 11 is 0. The minimum Gasteiger partial charge on any atom is -0.397 e. The van der Waals surface area contributed by atoms with Crippen LogP contribution in [0.2, 0.25) is 0 Å². The fraction of sp³-hybridized carbons (Fsp3) is 0.344. The van der Waals surface area contributed by atoms with Crippen LogP contribution in [0.5, 0.6) is 0 Å². The zero-order valence-electron chi connectivity index (χ0n) is 24.6. The average Bonchev–Trinajstić information content (AvgIpc) is 3.60. The van der Waals surface area contributed by atoms with Crippen molar-refractivity contribution in [1.82, 2.24) is 29.2 Å². The van der Waals surface area contributed by atoms with E-state index in [1.165, 1.54) is 16.5 Å². The number of hydrogen-bond donors (Lipinski definition) is 2. The van der Waals surface area contributed by atoms with Crippen molar-refractivity contribution < 1.29 is 0 Å². The van der Waals surface area contributed by atoms with Crippen LogP contribution in [0.1, 0.15) is 24.5 Å². The van der Waals surface area contributed by atoms with Crippen LogP contribution in [-0.2, 0) is 19.5 Å². The topological polar surface area (TPSA) is 93.1 Å². The third-order valence-corrected chi connectivity index (χ3v) is 8.05. The van der Waals surface area contributed by atoms with Crippen molar-refractivity contribution in [3.63, 3.8) is 0 Å². The van der Waals surface area contributed by atoms with Crippen LogP contribution in [0.3, 0.4) is 0 Å². The fourth-order valence-corrected chi connectivity index (χ4v) is 5.74. The molecule has 6 rings (SSSR count). The lowest BCUT2D eigenvalue weighted by atomic mass is 9.99. The molecule has 1 aliphatic heterocycles. The second-order valence-corrected chi connectivity index (χ2v) is 11.3. The van der Waals surface area contributed by atoms with Crippen molar-refractivity contribution >= 4 is 33.9 Å². The van der Waals surface area contributed by atoms with E-state index in [9.17, 15) is 0 Å². The van der Waals surface area contributed by atoms with Crippen LogP contribution < -0.4 is 16.0 Å². The molecule has 3 aromatic heterocycles. The lowest BCUT2D eigenvalue weighted by molar-refractivity contribution is 0.416. The molecule has 9 heteroatoms. The van der Waals surface area contributed by atoms with Gasteiger partial charge in [-0.25, -0.2) is 9.97 Å². The van der Waals surface area contributed by atoms with Gasteiger partial charge in [-0.15, -0.1) is 0 Å². The van der Waals surface area contributed by atoms with Crippen molar-refractivity contribution in [1.29, 1.82) is 0 Å². The van der Waals surface area contributed by atoms with Gasteiger partial charge in [0.15, 0.2) is 0 Å². The number of para-hydroxylation sites is 1. The molecule has 5 aromatic rings. The average molecular weight is 550 g/mol. The maximum Gasteiger partial charge on any atom is 0.227 e. The Morgan fingerprint density at radius 1 is 1.05 bits per heavy atom. The molecule has 0 bridgehead atoms. The molecule has 0 radical (unpaired) electrons. The summed E-state index contributed by atoms with van der Waals surface area (Å²) < 4.78 is 4.32. The minimum absolute atomic E-state index is 0.537. The quantitative estimate of drug-likeness (QED) is 0.233. The first-order valence-corrected chi connectivity index (χ1v) is 14.4. The van der Waals surface area contributed by atoms with Crippen LogP contribution in [-0.4, -0.2) is 63.4 Å². The predicted molar refractivity (Wildman–Crippen MR) is 169 cm³/mol. The number of nitrogens with two attached hydrogens (primary N) is 1. The molecule has 0 unspecified atom stereocenters. The van der Waals surface area contributed by atoms with Crippen molar-refractivity contribution in [2.45, 2.75) is 39.8 Å². The Kier molecular flexibility index (Phi) is 7.13. The molecule has 0 fully saturated rings. The van der Waals surface area contributed by atoms with Gasteiger partial charge in [0, 0.05) is 79.6 Å². The van der Waals surface area contributed by atoms with E-state index in [-0.39, 0.29) is 0 Å². The summed E-state index contributed by atoms with van der Waals surface area (Å²) in [5.74, 6) is 0.537. The van der Waals surface area contributed by atoms with Gasteiger partial charge in [0.1, 0.15) is 0 Å². The Bertz CT molecular complexity index is 1710. The standard InChI is InChI=1S/C32H39N9/c1-6-41-19-23(17-35-41)25-18-34-32(36-28-16-27(33)29(15-21(28)2)39(5)14-13-38(3)4)37-30(25)26-20-40-12-8-10-22-9-7-11-24(26)31(22)40/h7,9,11,15-20H,6,8,10,12-14,33H2,1-5H3,(H,34,36,37). The number of rotatable bonds is 9. The van der Waals surface area contributed by atoms with Gasteiger partial charge < -0.3 is 25.4 Å². The molecular weight excluding hydrogens is 510 g/mol. The summed E-state index contributed by atoms with van der Waals surface area (Å²) in [6, 6.07) is 10.7. The minimum atomic E-state index is 0.537. The number of aromatic nitrogens is 5. The number of nitrogens with one attached hydrogen (secondary N) is 1. The van der Waals surface area contributed by atoms with E-state index in [4.69, 9.17) is 15.7 Å². The molecule has 2 aromatic carbocycles. The summed E-state index contributed by atoms with van der Waals surface area (Å²) in [5.41, 5.74) is 16.9. The maximum atomic E-state index is 6.54. The maximum absolute atomic E-state index is 6.54. The van der Waals surface area contributed by atoms with Gasteiger partial charge in [0.25, 0.3) is 0 Å². The van der Waals surface area contributed by atoms with Gasteiger partial charge in [-0.3, -0.25) is 4.68 Å². The van der Waals surface area contributed by atoms with E-state index >= 15 is 0 Å². The molecule has 4 heterocycles. The Morgan fingerprint density at radius 3 is 2.68 bits per heavy atom. The molecule has 0 saturated heterocycles. The van der Waals surface area contributed by atoms with Gasteiger partial charge in [-0.2, -0.15) is 5.10 Å². The van der Waals surface area contributed by atoms with Gasteiger partial charge in [0.05, 0.1) is 28.8 Å². The summed E-state index contributed by atoms with van der Waals surface area (Å²) in [5, 5.41) is 9.22. The largest absolute Gasteiger partial charge is 0.397 e. The molecule has 0 atom stereocenters. The van der Waals surface area contributed by atoms with Crippen molar-refractivity contribution in [3.05, 3.63) is 66.2 Å². The molecule has 3 N–H and O–H groups in total. The summed E-state index contributed by atoms with van der Waals surface area (Å²) in [4.78, 5) is 14.3. The molecule has 41 heavy (non-hydrogen) atoms. The number of nitrogen functional groups attached to an aromatic ring is 1. The SMILES string of the molecule is CCn1cc(-c2cnc(Nc3cc(N)c(N(C)CCN(C)C)cc3C)nc2-c2cn3c4c(cccc24)CCC3)cn1. The summed E-state index contributed by atoms with van der Waals surface area (Å²) in [7, 11) is 6.24. The lowest BCUT2D eigenvalue weighted by Crippen LogP contribution is -2.29. The van der Waals surface area contributed by atoms with E-state index < -0.39 is 0 Å². The van der Waals surface area contributed by atoms with Crippen LogP contribution >= 0.6 is 0 Å². The molecular formula is C32H39N9. The predicted octanol–water partition coefficient (Wildman–Crippen LogP) is 5.56. The van der Waals surface area contributed by atoms with Gasteiger partial charge >= 0.3 is 0 Å². The molecule has 0 aliphatic carbocycles. The second kappa shape index (κ2) is 10.9. The summed E-state index contributed by atoms with van der Waals surface area (Å²) in [6.07, 6.45) is 10.4. The number of anilines is 4. The first-order chi connectivity index (χ1) is 19.8. The first-order valence-electron chi connectivity index (χ1n) is 14.4. The van der Waals surface area contributed by atoms with Crippen molar-refractivity contribution in [2.75, 3.05) is 50.2 Å². The van der Waals surface area contributed by atoms with Crippen molar-refractivity contribution in [3.8, 4) is 22.4 Å². The van der Waals surface area contributed by atoms with E-state index in [0.29, 0.717) is 5.95 Å². The zero-order valence-corrected chi connectivity index (χ0v) is 24.6. The van der Waals surface area contributed by atoms with E-state index in [1.807, 2.05) is 23.1 Å². The normalized spacial score (nSPS) is 12.8. The summed E-state index contributed by atoms with van der Waals surface area (Å²) in [6.45, 7) is 7.84. The number of benzene rings is 2. The molecule has 212 valence electrons. The Hall–Kier alpha value is -4.37. The second-order valence-electron chi connectivity index (χ2n) is 11.3. The highest BCUT2D eigenvalue weighted by Crippen LogP contribution is 2.39. The zero-order chi connectivity index (χ0) is 28.7. The molecule has 0 saturated carbocycles. The molecule has 0 amide bonds. The molecule has 0 spiro atoms. The fourth-order valence-electron chi connectivity index (χ4n) is 5.74. The van der Waals surface area contributed by atoms with Gasteiger partial charge in [-0.1, -0.05) is 18.2 Å². The van der Waals surface area contributed by atoms with Crippen LogP contribution in [0.25, 0.3) is 33.3 Å². The Balaban J connectivity index is 1.41. The first kappa shape index (κ1) is 26.8. The lowest BCUT2D eigenvalue weighted by Gasteiger charge is -2.24. The van der Waals surface area contributed by atoms with Crippen LogP contribution in [0, 0.1) is 6.92 Å². The van der Waals surface area contributed by atoms with Crippen LogP contribution in [0.15, 0.2) is 55.1 Å². The van der Waals surface area contributed by atoms with Crippen molar-refractivity contribution in [2.24, 2.45) is 0 Å². The number of hydrogen-bond acceptors (Lipinski definition) is 7. The highest BCUT2D eigenvalue weighted by molar-refractivity contribution is 6.00. The Morgan fingerprint density at radius 2 is 1.90 bits per heavy atom. The van der Waals surface area contributed by atoms with E-state index in [0.717, 1.165) is 84.0 Å². The van der Waals surface area contributed by atoms with Gasteiger partial charge in [-0.05, 0) is 64.0 Å². The van der Waals surface area contributed by atoms with Crippen LogP contribution in [0.4, 0.5) is 23.0 Å². The Labute approximate surface area is 241 Å². The highest BCUT2D eigenvalue weighted by atomic mass is 15.3. The number of likely N-dealkylation sites (N-methyl/N-ethyl adjacent to an activating group) is 2. The smallest absolute Gasteiger partial charge is 0.227 e. The highest BCUT2D eigenvalue weighted by Gasteiger charge is 2.22. The number of nitrogens with zero attached hydrogens (tertiary/aromatic N) is 7.